The summed E-state index contributed by atoms with van der Waals surface area (Å²) in [6.07, 6.45) is 10.4. The molecule has 1 aliphatic heterocycles. The molecular weight excluding hydrogens is 418 g/mol. The second-order valence-electron chi connectivity index (χ2n) is 8.36. The molecule has 9 heteroatoms. The van der Waals surface area contributed by atoms with Crippen LogP contribution in [0.3, 0.4) is 0 Å². The Morgan fingerprint density at radius 2 is 2.09 bits per heavy atom. The first-order valence-electron chi connectivity index (χ1n) is 11.1. The molecule has 0 aromatic carbocycles. The summed E-state index contributed by atoms with van der Waals surface area (Å²) in [6.45, 7) is 1.37. The van der Waals surface area contributed by atoms with Gasteiger partial charge in [-0.15, -0.1) is 5.10 Å². The number of carbonyl (C=O) groups excluding carboxylic acids is 1. The van der Waals surface area contributed by atoms with Crippen molar-refractivity contribution in [1.29, 1.82) is 0 Å². The number of fused-ring (bicyclic) bond motifs is 2. The van der Waals surface area contributed by atoms with Crippen LogP contribution in [0.15, 0.2) is 42.9 Å². The van der Waals surface area contributed by atoms with E-state index >= 15 is 0 Å². The molecule has 1 fully saturated rings. The van der Waals surface area contributed by atoms with Crippen molar-refractivity contribution in [3.05, 3.63) is 48.4 Å². The minimum Gasteiger partial charge on any atom is -0.377 e. The van der Waals surface area contributed by atoms with E-state index in [9.17, 15) is 4.79 Å². The summed E-state index contributed by atoms with van der Waals surface area (Å²) in [6, 6.07) is 5.92. The molecule has 0 saturated heterocycles. The Labute approximate surface area is 189 Å². The molecule has 33 heavy (non-hydrogen) atoms. The molecule has 0 spiro atoms. The van der Waals surface area contributed by atoms with Crippen molar-refractivity contribution in [1.82, 2.24) is 24.6 Å². The maximum atomic E-state index is 12.3. The lowest BCUT2D eigenvalue weighted by molar-refractivity contribution is -0.117. The Morgan fingerprint density at radius 3 is 2.88 bits per heavy atom. The molecule has 166 valence electrons. The minimum absolute atomic E-state index is 0.0205. The zero-order chi connectivity index (χ0) is 22.4. The van der Waals surface area contributed by atoms with E-state index in [2.05, 4.69) is 32.7 Å². The molecule has 4 aromatic heterocycles. The van der Waals surface area contributed by atoms with Crippen molar-refractivity contribution >= 4 is 39.5 Å². The average Bonchev–Trinajstić information content (AvgIpc) is 3.62. The van der Waals surface area contributed by atoms with E-state index in [-0.39, 0.29) is 11.8 Å². The molecule has 2 aliphatic rings. The number of nitrogens with zero attached hydrogens (tertiary/aromatic N) is 5. The van der Waals surface area contributed by atoms with Crippen molar-refractivity contribution in [2.24, 2.45) is 5.92 Å². The largest absolute Gasteiger partial charge is 0.377 e. The normalized spacial score (nSPS) is 16.1. The zero-order valence-corrected chi connectivity index (χ0v) is 18.2. The summed E-state index contributed by atoms with van der Waals surface area (Å²) < 4.78 is 7.23. The van der Waals surface area contributed by atoms with Gasteiger partial charge in [-0.25, -0.2) is 19.5 Å². The van der Waals surface area contributed by atoms with Gasteiger partial charge in [0.2, 0.25) is 5.91 Å². The number of ether oxygens (including phenoxy) is 1. The van der Waals surface area contributed by atoms with Crippen LogP contribution in [0.4, 0.5) is 11.6 Å². The van der Waals surface area contributed by atoms with Crippen LogP contribution < -0.4 is 10.6 Å². The van der Waals surface area contributed by atoms with Gasteiger partial charge in [-0.2, -0.15) is 0 Å². The van der Waals surface area contributed by atoms with Gasteiger partial charge in [0, 0.05) is 47.9 Å². The number of aromatic nitrogens is 5. The number of rotatable bonds is 5. The molecule has 6 rings (SSSR count). The summed E-state index contributed by atoms with van der Waals surface area (Å²) >= 11 is 0. The Morgan fingerprint density at radius 1 is 1.18 bits per heavy atom. The third kappa shape index (κ3) is 3.70. The molecule has 0 radical (unpaired) electrons. The van der Waals surface area contributed by atoms with Crippen LogP contribution in [0.25, 0.3) is 33.4 Å². The molecule has 2 N–H and O–H groups in total. The van der Waals surface area contributed by atoms with Crippen LogP contribution in [0, 0.1) is 5.92 Å². The van der Waals surface area contributed by atoms with Crippen molar-refractivity contribution in [3.8, 4) is 11.4 Å². The number of amides is 1. The highest BCUT2D eigenvalue weighted by Crippen LogP contribution is 2.33. The molecule has 9 nitrogen and oxygen atoms in total. The molecular formula is C24H23N7O2. The molecule has 0 bridgehead atoms. The Hall–Kier alpha value is -3.85. The monoisotopic (exact) mass is 441 g/mol. The standard InChI is InChI=1S/C24H23N7O2/c1-25-22-18-11-26-20(28-24(32)15-2-3-15)10-17(18)19(12-27-22)23-29-21-5-4-16(13-31(21)30-23)14-6-8-33-9-7-14/h4-6,10-13,15H,2-3,7-9H2,1H3,(H,25,27)(H,26,28,32). The van der Waals surface area contributed by atoms with E-state index in [0.717, 1.165) is 53.4 Å². The van der Waals surface area contributed by atoms with Crippen LogP contribution in [-0.2, 0) is 9.53 Å². The van der Waals surface area contributed by atoms with Crippen LogP contribution in [0.2, 0.25) is 0 Å². The predicted octanol–water partition coefficient (Wildman–Crippen LogP) is 3.53. The number of anilines is 2. The van der Waals surface area contributed by atoms with Gasteiger partial charge < -0.3 is 15.4 Å². The second-order valence-corrected chi connectivity index (χ2v) is 8.36. The number of nitrogens with one attached hydrogen (secondary N) is 2. The highest BCUT2D eigenvalue weighted by Gasteiger charge is 2.30. The molecule has 0 unspecified atom stereocenters. The first kappa shape index (κ1) is 19.8. The van der Waals surface area contributed by atoms with Crippen LogP contribution in [-0.4, -0.2) is 50.7 Å². The fourth-order valence-electron chi connectivity index (χ4n) is 4.13. The molecule has 1 saturated carbocycles. The van der Waals surface area contributed by atoms with E-state index in [1.807, 2.05) is 25.4 Å². The summed E-state index contributed by atoms with van der Waals surface area (Å²) in [5, 5.41) is 12.5. The fourth-order valence-corrected chi connectivity index (χ4v) is 4.13. The third-order valence-electron chi connectivity index (χ3n) is 6.11. The first-order valence-corrected chi connectivity index (χ1v) is 11.1. The van der Waals surface area contributed by atoms with E-state index in [0.29, 0.717) is 24.1 Å². The van der Waals surface area contributed by atoms with Crippen molar-refractivity contribution < 1.29 is 9.53 Å². The SMILES string of the molecule is CNc1ncc(-c2nc3ccc(C4=CCOCC4)cn3n2)c2cc(NC(=O)C3CC3)ncc12. The van der Waals surface area contributed by atoms with Crippen LogP contribution >= 0.6 is 0 Å². The zero-order valence-electron chi connectivity index (χ0n) is 18.2. The van der Waals surface area contributed by atoms with Crippen molar-refractivity contribution in [2.75, 3.05) is 30.9 Å². The number of pyridine rings is 3. The summed E-state index contributed by atoms with van der Waals surface area (Å²) in [4.78, 5) is 26.0. The smallest absolute Gasteiger partial charge is 0.228 e. The van der Waals surface area contributed by atoms with Gasteiger partial charge in [0.05, 0.1) is 13.2 Å². The fraction of sp³-hybridized carbons (Fsp3) is 0.292. The van der Waals surface area contributed by atoms with Crippen LogP contribution in [0.5, 0.6) is 0 Å². The lowest BCUT2D eigenvalue weighted by Gasteiger charge is -2.13. The van der Waals surface area contributed by atoms with Crippen molar-refractivity contribution in [2.45, 2.75) is 19.3 Å². The maximum Gasteiger partial charge on any atom is 0.228 e. The highest BCUT2D eigenvalue weighted by molar-refractivity contribution is 6.03. The minimum atomic E-state index is 0.0205. The molecule has 5 heterocycles. The number of carbonyl (C=O) groups is 1. The Balaban J connectivity index is 1.43. The van der Waals surface area contributed by atoms with Crippen LogP contribution in [0.1, 0.15) is 24.8 Å². The molecule has 0 atom stereocenters. The van der Waals surface area contributed by atoms with E-state index < -0.39 is 0 Å². The lowest BCUT2D eigenvalue weighted by atomic mass is 10.0. The Bertz CT molecular complexity index is 1420. The number of hydrogen-bond acceptors (Lipinski definition) is 7. The number of hydrogen-bond donors (Lipinski definition) is 2. The van der Waals surface area contributed by atoms with E-state index in [1.54, 1.807) is 16.9 Å². The summed E-state index contributed by atoms with van der Waals surface area (Å²) in [5.41, 5.74) is 3.91. The third-order valence-corrected chi connectivity index (χ3v) is 6.11. The Kier molecular flexibility index (Phi) is 4.76. The first-order chi connectivity index (χ1) is 16.2. The highest BCUT2D eigenvalue weighted by atomic mass is 16.5. The van der Waals surface area contributed by atoms with E-state index in [4.69, 9.17) is 14.8 Å². The topological polar surface area (TPSA) is 106 Å². The molecule has 1 amide bonds. The van der Waals surface area contributed by atoms with Gasteiger partial charge in [-0.3, -0.25) is 4.79 Å². The van der Waals surface area contributed by atoms with Crippen molar-refractivity contribution in [3.63, 3.8) is 0 Å². The van der Waals surface area contributed by atoms with Gasteiger partial charge in [0.1, 0.15) is 11.6 Å². The van der Waals surface area contributed by atoms with E-state index in [1.165, 1.54) is 5.57 Å². The van der Waals surface area contributed by atoms with Gasteiger partial charge in [0.15, 0.2) is 11.5 Å². The predicted molar refractivity (Wildman–Crippen MR) is 126 cm³/mol. The lowest BCUT2D eigenvalue weighted by Crippen LogP contribution is -2.14. The summed E-state index contributed by atoms with van der Waals surface area (Å²) in [7, 11) is 1.82. The second kappa shape index (κ2) is 7.93. The maximum absolute atomic E-state index is 12.3. The quantitative estimate of drug-likeness (QED) is 0.488. The molecule has 4 aromatic rings. The van der Waals surface area contributed by atoms with Gasteiger partial charge >= 0.3 is 0 Å². The average molecular weight is 441 g/mol. The van der Waals surface area contributed by atoms with Gasteiger partial charge in [-0.05, 0) is 48.6 Å². The van der Waals surface area contributed by atoms with Gasteiger partial charge in [0.25, 0.3) is 0 Å². The molecule has 1 aliphatic carbocycles. The summed E-state index contributed by atoms with van der Waals surface area (Å²) in [5.74, 6) is 1.92. The van der Waals surface area contributed by atoms with Gasteiger partial charge in [-0.1, -0.05) is 6.08 Å².